The number of aliphatic carboxylic acids is 1. The van der Waals surface area contributed by atoms with Crippen molar-refractivity contribution in [3.8, 4) is 22.6 Å². The van der Waals surface area contributed by atoms with Crippen LogP contribution in [0.5, 0.6) is 11.5 Å². The van der Waals surface area contributed by atoms with E-state index in [9.17, 15) is 14.3 Å². The predicted molar refractivity (Wildman–Crippen MR) is 106 cm³/mol. The molecule has 8 heteroatoms. The molecule has 0 saturated carbocycles. The Bertz CT molecular complexity index is 1050. The van der Waals surface area contributed by atoms with Crippen LogP contribution in [0.4, 0.5) is 8.78 Å². The third-order valence-corrected chi connectivity index (χ3v) is 4.85. The maximum Gasteiger partial charge on any atom is 0.341 e. The highest BCUT2D eigenvalue weighted by Gasteiger charge is 2.18. The Labute approximate surface area is 174 Å². The van der Waals surface area contributed by atoms with E-state index in [1.807, 2.05) is 0 Å². The molecule has 3 aromatic rings. The number of halogens is 4. The number of carbonyl (C=O) groups is 1. The van der Waals surface area contributed by atoms with E-state index in [0.717, 1.165) is 0 Å². The Morgan fingerprint density at radius 3 is 2.21 bits per heavy atom. The van der Waals surface area contributed by atoms with Crippen LogP contribution in [0.3, 0.4) is 0 Å². The van der Waals surface area contributed by atoms with E-state index in [-0.39, 0.29) is 39.1 Å². The number of carboxylic acid groups (broad SMARTS) is 1. The van der Waals surface area contributed by atoms with Crippen LogP contribution in [0.2, 0.25) is 10.0 Å². The summed E-state index contributed by atoms with van der Waals surface area (Å²) < 4.78 is 33.3. The fourth-order valence-electron chi connectivity index (χ4n) is 2.80. The second-order valence-corrected chi connectivity index (χ2v) is 6.98. The van der Waals surface area contributed by atoms with E-state index in [1.165, 1.54) is 48.5 Å². The molecule has 0 amide bonds. The average Bonchev–Trinajstić information content (AvgIpc) is 2.66. The molecular formula is C21H14Cl2F2O4. The maximum absolute atomic E-state index is 15.1. The fourth-order valence-corrected chi connectivity index (χ4v) is 3.40. The van der Waals surface area contributed by atoms with Crippen LogP contribution in [0.1, 0.15) is 11.1 Å². The molecule has 29 heavy (non-hydrogen) atoms. The quantitative estimate of drug-likeness (QED) is 0.517. The zero-order valence-electron chi connectivity index (χ0n) is 14.8. The van der Waals surface area contributed by atoms with Crippen LogP contribution in [-0.4, -0.2) is 22.8 Å². The predicted octanol–water partition coefficient (Wildman–Crippen LogP) is 5.70. The Morgan fingerprint density at radius 2 is 1.62 bits per heavy atom. The minimum atomic E-state index is -1.15. The van der Waals surface area contributed by atoms with Gasteiger partial charge in [-0.25, -0.2) is 13.6 Å². The van der Waals surface area contributed by atoms with Crippen molar-refractivity contribution in [2.45, 2.75) is 6.42 Å². The number of phenols is 1. The molecule has 0 fully saturated rings. The lowest BCUT2D eigenvalue weighted by Crippen LogP contribution is -2.09. The number of aromatic hydroxyl groups is 1. The van der Waals surface area contributed by atoms with Gasteiger partial charge in [-0.05, 0) is 47.0 Å². The van der Waals surface area contributed by atoms with Crippen molar-refractivity contribution < 1.29 is 28.5 Å². The van der Waals surface area contributed by atoms with Crippen molar-refractivity contribution in [2.75, 3.05) is 6.61 Å². The third-order valence-electron chi connectivity index (χ3n) is 4.18. The van der Waals surface area contributed by atoms with Gasteiger partial charge in [0.25, 0.3) is 0 Å². The molecule has 0 aliphatic carbocycles. The van der Waals surface area contributed by atoms with E-state index in [4.69, 9.17) is 33.0 Å². The molecule has 3 aromatic carbocycles. The zero-order valence-corrected chi connectivity index (χ0v) is 16.3. The molecule has 0 radical (unpaired) electrons. The molecule has 0 bridgehead atoms. The largest absolute Gasteiger partial charge is 0.507 e. The summed E-state index contributed by atoms with van der Waals surface area (Å²) in [7, 11) is 0. The molecule has 3 rings (SSSR count). The SMILES string of the molecule is O=C(O)COc1cc(Cl)c(Cc2ccc(O)c(-c3ccc(F)cc3)c2F)c(Cl)c1. The van der Waals surface area contributed by atoms with Gasteiger partial charge in [-0.1, -0.05) is 41.4 Å². The first kappa shape index (κ1) is 20.9. The van der Waals surface area contributed by atoms with Crippen molar-refractivity contribution in [1.82, 2.24) is 0 Å². The van der Waals surface area contributed by atoms with E-state index < -0.39 is 24.2 Å². The lowest BCUT2D eigenvalue weighted by molar-refractivity contribution is -0.139. The second-order valence-electron chi connectivity index (χ2n) is 6.16. The van der Waals surface area contributed by atoms with Gasteiger partial charge in [-0.2, -0.15) is 0 Å². The number of phenolic OH excluding ortho intramolecular Hbond substituents is 1. The van der Waals surface area contributed by atoms with Crippen LogP contribution in [-0.2, 0) is 11.2 Å². The maximum atomic E-state index is 15.1. The average molecular weight is 439 g/mol. The van der Waals surface area contributed by atoms with Crippen LogP contribution in [0, 0.1) is 11.6 Å². The molecule has 0 unspecified atom stereocenters. The highest BCUT2D eigenvalue weighted by atomic mass is 35.5. The lowest BCUT2D eigenvalue weighted by Gasteiger charge is -2.14. The van der Waals surface area contributed by atoms with Gasteiger partial charge in [0.1, 0.15) is 23.1 Å². The smallest absolute Gasteiger partial charge is 0.341 e. The van der Waals surface area contributed by atoms with Crippen molar-refractivity contribution in [1.29, 1.82) is 0 Å². The van der Waals surface area contributed by atoms with Gasteiger partial charge in [-0.15, -0.1) is 0 Å². The minimum absolute atomic E-state index is 0.0111. The van der Waals surface area contributed by atoms with Gasteiger partial charge in [0.15, 0.2) is 6.61 Å². The molecule has 0 aliphatic heterocycles. The first-order valence-corrected chi connectivity index (χ1v) is 9.10. The van der Waals surface area contributed by atoms with E-state index in [2.05, 4.69) is 0 Å². The van der Waals surface area contributed by atoms with Gasteiger partial charge in [0.05, 0.1) is 5.56 Å². The third kappa shape index (κ3) is 4.78. The molecule has 0 spiro atoms. The van der Waals surface area contributed by atoms with Gasteiger partial charge in [0.2, 0.25) is 0 Å². The lowest BCUT2D eigenvalue weighted by atomic mass is 9.97. The minimum Gasteiger partial charge on any atom is -0.507 e. The van der Waals surface area contributed by atoms with Crippen molar-refractivity contribution in [2.24, 2.45) is 0 Å². The summed E-state index contributed by atoms with van der Waals surface area (Å²) >= 11 is 12.5. The Hall–Kier alpha value is -2.83. The van der Waals surface area contributed by atoms with Gasteiger partial charge in [0, 0.05) is 16.5 Å². The summed E-state index contributed by atoms with van der Waals surface area (Å²) in [5.41, 5.74) is 0.879. The summed E-state index contributed by atoms with van der Waals surface area (Å²) in [6.45, 7) is -0.556. The summed E-state index contributed by atoms with van der Waals surface area (Å²) in [6.07, 6.45) is 0.0111. The molecule has 0 saturated heterocycles. The Balaban J connectivity index is 1.96. The van der Waals surface area contributed by atoms with Gasteiger partial charge >= 0.3 is 5.97 Å². The summed E-state index contributed by atoms with van der Waals surface area (Å²) in [5, 5.41) is 19.1. The van der Waals surface area contributed by atoms with E-state index in [1.54, 1.807) is 0 Å². The molecule has 0 heterocycles. The van der Waals surface area contributed by atoms with Crippen LogP contribution in [0.15, 0.2) is 48.5 Å². The van der Waals surface area contributed by atoms with Crippen LogP contribution >= 0.6 is 23.2 Å². The highest BCUT2D eigenvalue weighted by molar-refractivity contribution is 6.36. The molecule has 0 atom stereocenters. The molecule has 4 nitrogen and oxygen atoms in total. The van der Waals surface area contributed by atoms with Crippen molar-refractivity contribution >= 4 is 29.2 Å². The molecule has 0 aliphatic rings. The molecule has 2 N–H and O–H groups in total. The van der Waals surface area contributed by atoms with Crippen molar-refractivity contribution in [3.05, 3.63) is 81.3 Å². The number of ether oxygens (including phenoxy) is 1. The normalized spacial score (nSPS) is 10.8. The Kier molecular flexibility index (Phi) is 6.25. The second kappa shape index (κ2) is 8.68. The summed E-state index contributed by atoms with van der Waals surface area (Å²) in [5.74, 6) is -2.43. The standard InChI is InChI=1S/C21H14Cl2F2O4/c22-16-8-14(29-10-19(27)28)9-17(23)15(16)7-12-3-6-18(26)20(21(12)25)11-1-4-13(24)5-2-11/h1-6,8-9,26H,7,10H2,(H,27,28). The summed E-state index contributed by atoms with van der Waals surface area (Å²) in [4.78, 5) is 10.6. The summed E-state index contributed by atoms with van der Waals surface area (Å²) in [6, 6.07) is 10.6. The van der Waals surface area contributed by atoms with Crippen LogP contribution in [0.25, 0.3) is 11.1 Å². The number of hydrogen-bond donors (Lipinski definition) is 2. The van der Waals surface area contributed by atoms with E-state index in [0.29, 0.717) is 11.1 Å². The monoisotopic (exact) mass is 438 g/mol. The van der Waals surface area contributed by atoms with Gasteiger partial charge in [-0.3, -0.25) is 0 Å². The van der Waals surface area contributed by atoms with Crippen molar-refractivity contribution in [3.63, 3.8) is 0 Å². The number of hydrogen-bond acceptors (Lipinski definition) is 3. The topological polar surface area (TPSA) is 66.8 Å². The van der Waals surface area contributed by atoms with Gasteiger partial charge < -0.3 is 14.9 Å². The number of benzene rings is 3. The molecule has 0 aromatic heterocycles. The van der Waals surface area contributed by atoms with E-state index >= 15 is 4.39 Å². The highest BCUT2D eigenvalue weighted by Crippen LogP contribution is 2.37. The number of rotatable bonds is 6. The zero-order chi connectivity index (χ0) is 21.1. The molecular weight excluding hydrogens is 425 g/mol. The fraction of sp³-hybridized carbons (Fsp3) is 0.0952. The first-order chi connectivity index (χ1) is 13.8. The molecule has 150 valence electrons. The first-order valence-electron chi connectivity index (χ1n) is 8.35. The number of carboxylic acids is 1. The Morgan fingerprint density at radius 1 is 1.00 bits per heavy atom. The van der Waals surface area contributed by atoms with Crippen LogP contribution < -0.4 is 4.74 Å².